The quantitative estimate of drug-likeness (QED) is 0.0250. The Labute approximate surface area is 279 Å². The zero-order valence-corrected chi connectivity index (χ0v) is 29.7. The van der Waals surface area contributed by atoms with Crippen LogP contribution in [0.4, 0.5) is 0 Å². The van der Waals surface area contributed by atoms with E-state index in [0.717, 1.165) is 25.7 Å². The van der Waals surface area contributed by atoms with Crippen molar-refractivity contribution in [3.8, 4) is 0 Å². The molecule has 1 saturated carbocycles. The van der Waals surface area contributed by atoms with Gasteiger partial charge in [0.25, 0.3) is 0 Å². The summed E-state index contributed by atoms with van der Waals surface area (Å²) in [6, 6.07) is 0. The second kappa shape index (κ2) is 23.2. The maximum absolute atomic E-state index is 12.7. The van der Waals surface area contributed by atoms with Crippen LogP contribution in [-0.4, -0.2) is 114 Å². The molecule has 1 aliphatic rings. The number of phosphoric acid groups is 3. The Balaban J connectivity index is 2.61. The molecular formula is C26H53O19P3. The highest BCUT2D eigenvalue weighted by atomic mass is 31.2. The Hall–Kier alpha value is -0.400. The van der Waals surface area contributed by atoms with Crippen LogP contribution >= 0.6 is 23.5 Å². The van der Waals surface area contributed by atoms with Gasteiger partial charge in [0, 0.05) is 6.42 Å². The first-order valence-electron chi connectivity index (χ1n) is 16.0. The minimum Gasteiger partial charge on any atom is -0.457 e. The molecule has 0 aliphatic heterocycles. The SMILES string of the molecule is CCCCCCCCCCCCCCCC(=O)O[C@H](COCO)COP(=O)(O)OC1C(O)[C@H](O)[C@H](OP(=O)(O)O)C(OP(=O)(O)O)[C@@H]1O. The van der Waals surface area contributed by atoms with Gasteiger partial charge in [-0.3, -0.25) is 22.9 Å². The largest absolute Gasteiger partial charge is 0.472 e. The van der Waals surface area contributed by atoms with E-state index < -0.39 is 92.2 Å². The Kier molecular flexibility index (Phi) is 22.1. The molecule has 1 fully saturated rings. The predicted molar refractivity (Wildman–Crippen MR) is 166 cm³/mol. The summed E-state index contributed by atoms with van der Waals surface area (Å²) in [6.07, 6.45) is -1.69. The molecule has 48 heavy (non-hydrogen) atoms. The van der Waals surface area contributed by atoms with Crippen LogP contribution in [0.2, 0.25) is 0 Å². The number of phosphoric ester groups is 3. The maximum atomic E-state index is 12.7. The van der Waals surface area contributed by atoms with Gasteiger partial charge >= 0.3 is 29.4 Å². The lowest BCUT2D eigenvalue weighted by molar-refractivity contribution is -0.213. The minimum absolute atomic E-state index is 0.0256. The number of ether oxygens (including phenoxy) is 2. The maximum Gasteiger partial charge on any atom is 0.472 e. The number of carbonyl (C=O) groups is 1. The predicted octanol–water partition coefficient (Wildman–Crippen LogP) is 1.90. The molecule has 1 aliphatic carbocycles. The van der Waals surface area contributed by atoms with Gasteiger partial charge in [0.15, 0.2) is 0 Å². The van der Waals surface area contributed by atoms with Crippen LogP contribution in [-0.2, 0) is 46.1 Å². The van der Waals surface area contributed by atoms with Crippen molar-refractivity contribution in [1.29, 1.82) is 0 Å². The topological polar surface area (TPSA) is 306 Å². The molecule has 0 bridgehead atoms. The molecular weight excluding hydrogens is 709 g/mol. The molecule has 0 aromatic rings. The van der Waals surface area contributed by atoms with Crippen molar-refractivity contribution in [1.82, 2.24) is 0 Å². The van der Waals surface area contributed by atoms with E-state index in [4.69, 9.17) is 43.2 Å². The number of aliphatic hydroxyl groups is 4. The van der Waals surface area contributed by atoms with Gasteiger partial charge in [-0.05, 0) is 6.42 Å². The fraction of sp³-hybridized carbons (Fsp3) is 0.962. The summed E-state index contributed by atoms with van der Waals surface area (Å²) in [7, 11) is -16.4. The highest BCUT2D eigenvalue weighted by Crippen LogP contribution is 2.51. The van der Waals surface area contributed by atoms with Crippen molar-refractivity contribution in [2.45, 2.75) is 140 Å². The van der Waals surface area contributed by atoms with E-state index in [1.54, 1.807) is 0 Å². The van der Waals surface area contributed by atoms with Crippen LogP contribution in [0.5, 0.6) is 0 Å². The van der Waals surface area contributed by atoms with E-state index in [1.165, 1.54) is 51.4 Å². The van der Waals surface area contributed by atoms with E-state index in [9.17, 15) is 38.7 Å². The molecule has 4 unspecified atom stereocenters. The fourth-order valence-corrected chi connectivity index (χ4v) is 7.14. The van der Waals surface area contributed by atoms with Crippen molar-refractivity contribution in [2.75, 3.05) is 20.0 Å². The summed E-state index contributed by atoms with van der Waals surface area (Å²) in [4.78, 5) is 59.1. The molecule has 1 rings (SSSR count). The van der Waals surface area contributed by atoms with Crippen molar-refractivity contribution < 1.29 is 91.0 Å². The van der Waals surface area contributed by atoms with E-state index >= 15 is 0 Å². The van der Waals surface area contributed by atoms with Crippen molar-refractivity contribution in [3.05, 3.63) is 0 Å². The van der Waals surface area contributed by atoms with Crippen molar-refractivity contribution in [2.24, 2.45) is 0 Å². The van der Waals surface area contributed by atoms with Gasteiger partial charge in [-0.25, -0.2) is 13.7 Å². The molecule has 0 saturated heterocycles. The van der Waals surface area contributed by atoms with Gasteiger partial charge in [0.2, 0.25) is 0 Å². The number of unbranched alkanes of at least 4 members (excludes halogenated alkanes) is 12. The zero-order chi connectivity index (χ0) is 36.4. The number of hydrogen-bond donors (Lipinski definition) is 9. The third kappa shape index (κ3) is 19.8. The molecule has 0 amide bonds. The molecule has 0 aromatic carbocycles. The number of carbonyl (C=O) groups excluding carboxylic acids is 1. The van der Waals surface area contributed by atoms with E-state index in [1.807, 2.05) is 0 Å². The first-order valence-corrected chi connectivity index (χ1v) is 20.5. The molecule has 0 heterocycles. The summed E-state index contributed by atoms with van der Waals surface area (Å²) in [5.74, 6) is -0.684. The smallest absolute Gasteiger partial charge is 0.457 e. The number of rotatable bonds is 27. The fourth-order valence-electron chi connectivity index (χ4n) is 5.05. The standard InChI is InChI=1S/C26H53O19P3/c1-2-3-4-5-6-7-8-9-10-11-12-13-14-15-20(28)42-19(16-40-18-27)17-41-48(38,39)45-24-21(29)22(30)25(43-46(32,33)34)26(23(24)31)44-47(35,36)37/h19,21-27,29-31H,2-18H2,1H3,(H,38,39)(H2,32,33,34)(H2,35,36,37)/t19-,21?,22+,23-,24?,25+,26?/m1/s1. The van der Waals surface area contributed by atoms with Crippen LogP contribution in [0.15, 0.2) is 0 Å². The normalized spacial score (nSPS) is 25.5. The Morgan fingerprint density at radius 2 is 1.06 bits per heavy atom. The van der Waals surface area contributed by atoms with E-state index in [2.05, 4.69) is 16.0 Å². The first-order chi connectivity index (χ1) is 22.4. The summed E-state index contributed by atoms with van der Waals surface area (Å²) < 4.78 is 63.4. The monoisotopic (exact) mass is 762 g/mol. The number of aliphatic hydroxyl groups excluding tert-OH is 4. The molecule has 286 valence electrons. The van der Waals surface area contributed by atoms with E-state index in [-0.39, 0.29) is 6.42 Å². The molecule has 0 spiro atoms. The summed E-state index contributed by atoms with van der Waals surface area (Å²) in [5, 5.41) is 40.2. The lowest BCUT2D eigenvalue weighted by atomic mass is 9.85. The Morgan fingerprint density at radius 1 is 0.625 bits per heavy atom. The highest BCUT2D eigenvalue weighted by Gasteiger charge is 2.56. The molecule has 8 atom stereocenters. The van der Waals surface area contributed by atoms with Gasteiger partial charge in [-0.1, -0.05) is 84.0 Å². The zero-order valence-electron chi connectivity index (χ0n) is 27.0. The molecule has 19 nitrogen and oxygen atoms in total. The average Bonchev–Trinajstić information content (AvgIpc) is 2.98. The number of hydrogen-bond acceptors (Lipinski definition) is 14. The van der Waals surface area contributed by atoms with E-state index in [0.29, 0.717) is 6.42 Å². The van der Waals surface area contributed by atoms with Gasteiger partial charge in [-0.15, -0.1) is 0 Å². The molecule has 0 radical (unpaired) electrons. The second-order valence-electron chi connectivity index (χ2n) is 11.5. The van der Waals surface area contributed by atoms with Crippen LogP contribution < -0.4 is 0 Å². The van der Waals surface area contributed by atoms with Crippen molar-refractivity contribution >= 4 is 29.4 Å². The van der Waals surface area contributed by atoms with Crippen LogP contribution in [0.25, 0.3) is 0 Å². The Morgan fingerprint density at radius 3 is 1.52 bits per heavy atom. The van der Waals surface area contributed by atoms with Gasteiger partial charge < -0.3 is 54.4 Å². The van der Waals surface area contributed by atoms with Crippen LogP contribution in [0, 0.1) is 0 Å². The van der Waals surface area contributed by atoms with Gasteiger partial charge in [0.1, 0.15) is 49.5 Å². The Bertz CT molecular complexity index is 1040. The first kappa shape index (κ1) is 45.6. The average molecular weight is 763 g/mol. The third-order valence-corrected chi connectivity index (χ3v) is 9.42. The lowest BCUT2D eigenvalue weighted by Gasteiger charge is -2.44. The molecule has 22 heteroatoms. The number of esters is 1. The highest BCUT2D eigenvalue weighted by molar-refractivity contribution is 7.47. The second-order valence-corrected chi connectivity index (χ2v) is 15.3. The molecule has 0 aromatic heterocycles. The third-order valence-electron chi connectivity index (χ3n) is 7.39. The van der Waals surface area contributed by atoms with Crippen molar-refractivity contribution in [3.63, 3.8) is 0 Å². The summed E-state index contributed by atoms with van der Waals surface area (Å²) in [5.41, 5.74) is 0. The van der Waals surface area contributed by atoms with Gasteiger partial charge in [0.05, 0.1) is 13.2 Å². The van der Waals surface area contributed by atoms with Crippen LogP contribution in [0.1, 0.15) is 96.8 Å². The van der Waals surface area contributed by atoms with Gasteiger partial charge in [-0.2, -0.15) is 0 Å². The molecule has 9 N–H and O–H groups in total. The minimum atomic E-state index is -5.56. The lowest BCUT2D eigenvalue weighted by Crippen LogP contribution is -2.65. The summed E-state index contributed by atoms with van der Waals surface area (Å²) >= 11 is 0. The van der Waals surface area contributed by atoms with Crippen LogP contribution in [0.3, 0.4) is 0 Å². The summed E-state index contributed by atoms with van der Waals surface area (Å²) in [6.45, 7) is 0.0533.